The van der Waals surface area contributed by atoms with E-state index < -0.39 is 33.9 Å². The fraction of sp³-hybridized carbons (Fsp3) is 0.500. The number of benzene rings is 1. The molecule has 1 N–H and O–H groups in total. The summed E-state index contributed by atoms with van der Waals surface area (Å²) in [6.07, 6.45) is -0.755. The van der Waals surface area contributed by atoms with Gasteiger partial charge in [-0.1, -0.05) is 11.6 Å². The molecule has 2 atom stereocenters. The molecule has 2 rings (SSSR count). The number of methoxy groups -OCH3 is 1. The number of carbonyl (C=O) groups excluding carboxylic acids is 2. The molecular formula is C16H20ClNO6S. The molecule has 0 radical (unpaired) electrons. The van der Waals surface area contributed by atoms with Crippen LogP contribution in [0.5, 0.6) is 5.75 Å². The van der Waals surface area contributed by atoms with Crippen LogP contribution in [0, 0.1) is 0 Å². The number of rotatable bonds is 6. The number of sulfone groups is 1. The van der Waals surface area contributed by atoms with Crippen molar-refractivity contribution >= 4 is 33.3 Å². The van der Waals surface area contributed by atoms with Crippen LogP contribution in [0.1, 0.15) is 18.9 Å². The van der Waals surface area contributed by atoms with Gasteiger partial charge >= 0.3 is 5.97 Å². The highest BCUT2D eigenvalue weighted by molar-refractivity contribution is 7.91. The first kappa shape index (κ1) is 19.5. The van der Waals surface area contributed by atoms with Gasteiger partial charge in [0.2, 0.25) is 0 Å². The van der Waals surface area contributed by atoms with Gasteiger partial charge in [-0.05, 0) is 31.5 Å². The number of esters is 1. The first-order valence-electron chi connectivity index (χ1n) is 7.73. The van der Waals surface area contributed by atoms with Crippen LogP contribution in [0.2, 0.25) is 5.02 Å². The quantitative estimate of drug-likeness (QED) is 0.732. The Balaban J connectivity index is 1.89. The fourth-order valence-electron chi connectivity index (χ4n) is 2.56. The SMILES string of the molecule is COc1ccc(Cl)cc1CC(=O)O[C@@H](C)C(=O)N[C@H]1CCS(=O)(=O)C1. The van der Waals surface area contributed by atoms with Gasteiger partial charge in [-0.15, -0.1) is 0 Å². The van der Waals surface area contributed by atoms with Crippen molar-refractivity contribution in [3.05, 3.63) is 28.8 Å². The van der Waals surface area contributed by atoms with Gasteiger partial charge in [0.1, 0.15) is 5.75 Å². The molecule has 0 aromatic heterocycles. The highest BCUT2D eigenvalue weighted by Gasteiger charge is 2.30. The predicted octanol–water partition coefficient (Wildman–Crippen LogP) is 1.13. The van der Waals surface area contributed by atoms with Crippen molar-refractivity contribution in [1.29, 1.82) is 0 Å². The summed E-state index contributed by atoms with van der Waals surface area (Å²) < 4.78 is 33.1. The maximum Gasteiger partial charge on any atom is 0.311 e. The molecule has 0 bridgehead atoms. The second kappa shape index (κ2) is 8.05. The van der Waals surface area contributed by atoms with E-state index in [9.17, 15) is 18.0 Å². The van der Waals surface area contributed by atoms with Crippen LogP contribution in [-0.2, 0) is 30.6 Å². The van der Waals surface area contributed by atoms with Gasteiger partial charge < -0.3 is 14.8 Å². The zero-order chi connectivity index (χ0) is 18.6. The monoisotopic (exact) mass is 389 g/mol. The van der Waals surface area contributed by atoms with Gasteiger partial charge in [-0.3, -0.25) is 9.59 Å². The number of nitrogens with one attached hydrogen (secondary N) is 1. The number of hydrogen-bond acceptors (Lipinski definition) is 6. The molecule has 1 aliphatic rings. The Morgan fingerprint density at radius 1 is 1.40 bits per heavy atom. The van der Waals surface area contributed by atoms with E-state index in [0.717, 1.165) is 0 Å². The van der Waals surface area contributed by atoms with E-state index in [1.54, 1.807) is 18.2 Å². The molecule has 1 saturated heterocycles. The van der Waals surface area contributed by atoms with Crippen LogP contribution in [0.25, 0.3) is 0 Å². The minimum Gasteiger partial charge on any atom is -0.496 e. The third-order valence-corrected chi connectivity index (χ3v) is 5.84. The number of hydrogen-bond donors (Lipinski definition) is 1. The molecule has 0 unspecified atom stereocenters. The maximum absolute atomic E-state index is 12.1. The van der Waals surface area contributed by atoms with Crippen LogP contribution in [0.3, 0.4) is 0 Å². The summed E-state index contributed by atoms with van der Waals surface area (Å²) in [4.78, 5) is 24.1. The summed E-state index contributed by atoms with van der Waals surface area (Å²) >= 11 is 5.91. The maximum atomic E-state index is 12.1. The molecule has 0 spiro atoms. The Hall–Kier alpha value is -1.80. The summed E-state index contributed by atoms with van der Waals surface area (Å²) in [5.74, 6) is -0.662. The molecule has 7 nitrogen and oxygen atoms in total. The number of carbonyl (C=O) groups is 2. The lowest BCUT2D eigenvalue weighted by molar-refractivity contribution is -0.154. The van der Waals surface area contributed by atoms with E-state index >= 15 is 0 Å². The van der Waals surface area contributed by atoms with Crippen LogP contribution < -0.4 is 10.1 Å². The summed E-state index contributed by atoms with van der Waals surface area (Å²) in [5.41, 5.74) is 0.550. The van der Waals surface area contributed by atoms with E-state index in [4.69, 9.17) is 21.1 Å². The minimum absolute atomic E-state index is 0.0562. The normalized spacial score (nSPS) is 19.9. The van der Waals surface area contributed by atoms with Gasteiger partial charge in [0, 0.05) is 16.6 Å². The summed E-state index contributed by atoms with van der Waals surface area (Å²) in [6, 6.07) is 4.44. The minimum atomic E-state index is -3.09. The molecule has 0 aliphatic carbocycles. The molecule has 1 amide bonds. The van der Waals surface area contributed by atoms with Crippen molar-refractivity contribution in [3.63, 3.8) is 0 Å². The van der Waals surface area contributed by atoms with Crippen molar-refractivity contribution < 1.29 is 27.5 Å². The Morgan fingerprint density at radius 3 is 2.72 bits per heavy atom. The Bertz CT molecular complexity index is 764. The second-order valence-electron chi connectivity index (χ2n) is 5.87. The Labute approximate surface area is 151 Å². The van der Waals surface area contributed by atoms with Crippen LogP contribution in [0.4, 0.5) is 0 Å². The van der Waals surface area contributed by atoms with Gasteiger partial charge in [0.25, 0.3) is 5.91 Å². The zero-order valence-electron chi connectivity index (χ0n) is 14.0. The second-order valence-corrected chi connectivity index (χ2v) is 8.54. The van der Waals surface area contributed by atoms with Crippen molar-refractivity contribution in [2.24, 2.45) is 0 Å². The predicted molar refractivity (Wildman–Crippen MR) is 92.5 cm³/mol. The molecule has 1 aromatic rings. The standard InChI is InChI=1S/C16H20ClNO6S/c1-10(16(20)18-13-5-6-25(21,22)9-13)24-15(19)8-11-7-12(17)3-4-14(11)23-2/h3-4,7,10,13H,5-6,8-9H2,1-2H3,(H,18,20)/t10-,13-/m0/s1. The Kier molecular flexibility index (Phi) is 6.29. The molecule has 138 valence electrons. The van der Waals surface area contributed by atoms with Crippen LogP contribution >= 0.6 is 11.6 Å². The fourth-order valence-corrected chi connectivity index (χ4v) is 4.43. The summed E-state index contributed by atoms with van der Waals surface area (Å²) in [7, 11) is -1.62. The lowest BCUT2D eigenvalue weighted by atomic mass is 10.1. The summed E-state index contributed by atoms with van der Waals surface area (Å²) in [6.45, 7) is 1.44. The van der Waals surface area contributed by atoms with Gasteiger partial charge in [0.05, 0.1) is 25.0 Å². The van der Waals surface area contributed by atoms with E-state index in [1.165, 1.54) is 14.0 Å². The van der Waals surface area contributed by atoms with E-state index in [0.29, 0.717) is 22.8 Å². The lowest BCUT2D eigenvalue weighted by Crippen LogP contribution is -2.42. The number of ether oxygens (including phenoxy) is 2. The van der Waals surface area contributed by atoms with E-state index in [-0.39, 0.29) is 17.9 Å². The number of amides is 1. The van der Waals surface area contributed by atoms with Crippen molar-refractivity contribution in [2.45, 2.75) is 31.9 Å². The average molecular weight is 390 g/mol. The molecule has 1 fully saturated rings. The summed E-state index contributed by atoms with van der Waals surface area (Å²) in [5, 5.41) is 3.05. The largest absolute Gasteiger partial charge is 0.496 e. The molecule has 1 aliphatic heterocycles. The molecular weight excluding hydrogens is 370 g/mol. The highest BCUT2D eigenvalue weighted by Crippen LogP contribution is 2.23. The van der Waals surface area contributed by atoms with Crippen molar-refractivity contribution in [3.8, 4) is 5.75 Å². The highest BCUT2D eigenvalue weighted by atomic mass is 35.5. The molecule has 0 saturated carbocycles. The van der Waals surface area contributed by atoms with E-state index in [1.807, 2.05) is 0 Å². The van der Waals surface area contributed by atoms with Gasteiger partial charge in [0.15, 0.2) is 15.9 Å². The third-order valence-electron chi connectivity index (χ3n) is 3.83. The van der Waals surface area contributed by atoms with Crippen LogP contribution in [0.15, 0.2) is 18.2 Å². The van der Waals surface area contributed by atoms with Crippen molar-refractivity contribution in [2.75, 3.05) is 18.6 Å². The smallest absolute Gasteiger partial charge is 0.311 e. The average Bonchev–Trinajstić information content (AvgIpc) is 2.86. The lowest BCUT2D eigenvalue weighted by Gasteiger charge is -2.17. The van der Waals surface area contributed by atoms with Gasteiger partial charge in [-0.25, -0.2) is 8.42 Å². The van der Waals surface area contributed by atoms with Crippen molar-refractivity contribution in [1.82, 2.24) is 5.32 Å². The molecule has 25 heavy (non-hydrogen) atoms. The first-order valence-corrected chi connectivity index (χ1v) is 9.93. The Morgan fingerprint density at radius 2 is 2.12 bits per heavy atom. The first-order chi connectivity index (χ1) is 11.7. The third kappa shape index (κ3) is 5.61. The zero-order valence-corrected chi connectivity index (χ0v) is 15.5. The van der Waals surface area contributed by atoms with Crippen LogP contribution in [-0.4, -0.2) is 51.1 Å². The topological polar surface area (TPSA) is 98.8 Å². The molecule has 1 heterocycles. The molecule has 1 aromatic carbocycles. The number of halogens is 1. The van der Waals surface area contributed by atoms with E-state index in [2.05, 4.69) is 5.32 Å². The molecule has 9 heteroatoms. The van der Waals surface area contributed by atoms with Gasteiger partial charge in [-0.2, -0.15) is 0 Å².